The highest BCUT2D eigenvalue weighted by atomic mass is 32.2. The Bertz CT molecular complexity index is 1010. The van der Waals surface area contributed by atoms with Gasteiger partial charge in [0.25, 0.3) is 0 Å². The molecule has 2 aromatic heterocycles. The second kappa shape index (κ2) is 7.17. The molecule has 1 N–H and O–H groups in total. The minimum absolute atomic E-state index is 0.100. The van der Waals surface area contributed by atoms with Crippen LogP contribution in [0.4, 0.5) is 10.3 Å². The molecule has 0 bridgehead atoms. The molecule has 26 heavy (non-hydrogen) atoms. The summed E-state index contributed by atoms with van der Waals surface area (Å²) < 4.78 is 36.3. The van der Waals surface area contributed by atoms with Crippen LogP contribution >= 0.6 is 0 Å². The van der Waals surface area contributed by atoms with E-state index < -0.39 is 9.84 Å². The number of aromatic nitrogens is 3. The number of hydrogen-bond donors (Lipinski definition) is 1. The standard InChI is InChI=1S/C18H17FN4O2S/c1-12(13-3-5-16(19)6-4-13)23-18-21-9-15(10-22-18)14-7-17(11-20-8-14)26(2,24)25/h3-12H,1-2H3,(H,21,22,23). The van der Waals surface area contributed by atoms with Crippen molar-refractivity contribution in [3.05, 3.63) is 66.5 Å². The minimum Gasteiger partial charge on any atom is -0.348 e. The highest BCUT2D eigenvalue weighted by Crippen LogP contribution is 2.22. The number of pyridine rings is 1. The van der Waals surface area contributed by atoms with E-state index in [-0.39, 0.29) is 16.8 Å². The topological polar surface area (TPSA) is 84.8 Å². The van der Waals surface area contributed by atoms with Gasteiger partial charge >= 0.3 is 0 Å². The maximum Gasteiger partial charge on any atom is 0.223 e. The number of rotatable bonds is 5. The maximum absolute atomic E-state index is 13.0. The van der Waals surface area contributed by atoms with Gasteiger partial charge in [-0.1, -0.05) is 12.1 Å². The fourth-order valence-corrected chi connectivity index (χ4v) is 2.95. The molecule has 6 nitrogen and oxygen atoms in total. The van der Waals surface area contributed by atoms with Gasteiger partial charge in [-0.05, 0) is 30.7 Å². The van der Waals surface area contributed by atoms with E-state index in [0.717, 1.165) is 11.8 Å². The molecule has 0 amide bonds. The maximum atomic E-state index is 13.0. The molecular formula is C18H17FN4O2S. The molecule has 3 rings (SSSR count). The zero-order valence-electron chi connectivity index (χ0n) is 14.2. The lowest BCUT2D eigenvalue weighted by atomic mass is 10.1. The molecule has 8 heteroatoms. The van der Waals surface area contributed by atoms with Crippen LogP contribution in [0, 0.1) is 5.82 Å². The van der Waals surface area contributed by atoms with Crippen LogP contribution in [0.2, 0.25) is 0 Å². The summed E-state index contributed by atoms with van der Waals surface area (Å²) in [4.78, 5) is 12.6. The molecular weight excluding hydrogens is 355 g/mol. The van der Waals surface area contributed by atoms with Crippen molar-refractivity contribution < 1.29 is 12.8 Å². The predicted molar refractivity (Wildman–Crippen MR) is 96.8 cm³/mol. The van der Waals surface area contributed by atoms with Gasteiger partial charge in [-0.2, -0.15) is 0 Å². The second-order valence-electron chi connectivity index (χ2n) is 5.89. The van der Waals surface area contributed by atoms with Gasteiger partial charge in [-0.3, -0.25) is 4.98 Å². The van der Waals surface area contributed by atoms with Crippen molar-refractivity contribution in [2.75, 3.05) is 11.6 Å². The average Bonchev–Trinajstić information content (AvgIpc) is 2.62. The summed E-state index contributed by atoms with van der Waals surface area (Å²) >= 11 is 0. The predicted octanol–water partition coefficient (Wildman–Crippen LogP) is 3.25. The third-order valence-corrected chi connectivity index (χ3v) is 4.92. The van der Waals surface area contributed by atoms with Crippen molar-refractivity contribution in [3.8, 4) is 11.1 Å². The lowest BCUT2D eigenvalue weighted by Crippen LogP contribution is -2.09. The summed E-state index contributed by atoms with van der Waals surface area (Å²) in [6, 6.07) is 7.64. The Labute approximate surface area is 151 Å². The van der Waals surface area contributed by atoms with E-state index in [4.69, 9.17) is 0 Å². The fourth-order valence-electron chi connectivity index (χ4n) is 2.36. The molecule has 0 aliphatic rings. The number of anilines is 1. The summed E-state index contributed by atoms with van der Waals surface area (Å²) in [6.07, 6.45) is 7.18. The van der Waals surface area contributed by atoms with Gasteiger partial charge in [-0.15, -0.1) is 0 Å². The van der Waals surface area contributed by atoms with Crippen molar-refractivity contribution in [3.63, 3.8) is 0 Å². The van der Waals surface area contributed by atoms with Crippen LogP contribution < -0.4 is 5.32 Å². The first-order chi connectivity index (χ1) is 12.3. The quantitative estimate of drug-likeness (QED) is 0.740. The average molecular weight is 372 g/mol. The number of nitrogens with one attached hydrogen (secondary N) is 1. The lowest BCUT2D eigenvalue weighted by Gasteiger charge is -2.14. The van der Waals surface area contributed by atoms with E-state index in [1.54, 1.807) is 30.7 Å². The molecule has 1 unspecified atom stereocenters. The molecule has 0 radical (unpaired) electrons. The van der Waals surface area contributed by atoms with Crippen LogP contribution in [-0.2, 0) is 9.84 Å². The Kier molecular flexibility index (Phi) is 4.94. The molecule has 1 aromatic carbocycles. The van der Waals surface area contributed by atoms with E-state index >= 15 is 0 Å². The molecule has 3 aromatic rings. The first-order valence-electron chi connectivity index (χ1n) is 7.82. The Balaban J connectivity index is 1.77. The third kappa shape index (κ3) is 4.20. The summed E-state index contributed by atoms with van der Waals surface area (Å²) in [5.41, 5.74) is 2.18. The zero-order valence-corrected chi connectivity index (χ0v) is 15.0. The van der Waals surface area contributed by atoms with Crippen molar-refractivity contribution in [2.45, 2.75) is 17.9 Å². The number of sulfone groups is 1. The highest BCUT2D eigenvalue weighted by molar-refractivity contribution is 7.90. The van der Waals surface area contributed by atoms with Gasteiger partial charge in [0.2, 0.25) is 5.95 Å². The van der Waals surface area contributed by atoms with Gasteiger partial charge in [0, 0.05) is 42.2 Å². The lowest BCUT2D eigenvalue weighted by molar-refractivity contribution is 0.601. The second-order valence-corrected chi connectivity index (χ2v) is 7.91. The normalized spacial score (nSPS) is 12.6. The van der Waals surface area contributed by atoms with E-state index in [0.29, 0.717) is 17.1 Å². The Morgan fingerprint density at radius 2 is 1.65 bits per heavy atom. The zero-order chi connectivity index (χ0) is 18.7. The summed E-state index contributed by atoms with van der Waals surface area (Å²) in [6.45, 7) is 1.92. The van der Waals surface area contributed by atoms with Crippen LogP contribution in [0.25, 0.3) is 11.1 Å². The smallest absolute Gasteiger partial charge is 0.223 e. The molecule has 0 fully saturated rings. The number of hydrogen-bond acceptors (Lipinski definition) is 6. The van der Waals surface area contributed by atoms with Crippen LogP contribution in [0.1, 0.15) is 18.5 Å². The van der Waals surface area contributed by atoms with Crippen LogP contribution in [-0.4, -0.2) is 29.6 Å². The van der Waals surface area contributed by atoms with Crippen LogP contribution in [0.3, 0.4) is 0 Å². The summed E-state index contributed by atoms with van der Waals surface area (Å²) in [5.74, 6) is 0.129. The number of benzene rings is 1. The fraction of sp³-hybridized carbons (Fsp3) is 0.167. The monoisotopic (exact) mass is 372 g/mol. The molecule has 134 valence electrons. The SMILES string of the molecule is CC(Nc1ncc(-c2cncc(S(C)(=O)=O)c2)cn1)c1ccc(F)cc1. The van der Waals surface area contributed by atoms with E-state index in [2.05, 4.69) is 20.3 Å². The molecule has 1 atom stereocenters. The third-order valence-electron chi connectivity index (χ3n) is 3.84. The highest BCUT2D eigenvalue weighted by Gasteiger charge is 2.11. The van der Waals surface area contributed by atoms with Gasteiger partial charge < -0.3 is 5.32 Å². The van der Waals surface area contributed by atoms with Gasteiger partial charge in [-0.25, -0.2) is 22.8 Å². The minimum atomic E-state index is -3.33. The summed E-state index contributed by atoms with van der Waals surface area (Å²) in [7, 11) is -3.33. The Hall–Kier alpha value is -2.87. The molecule has 0 aliphatic carbocycles. The number of halogens is 1. The van der Waals surface area contributed by atoms with Crippen molar-refractivity contribution in [2.24, 2.45) is 0 Å². The largest absolute Gasteiger partial charge is 0.348 e. The molecule has 0 aliphatic heterocycles. The Morgan fingerprint density at radius 3 is 2.27 bits per heavy atom. The van der Waals surface area contributed by atoms with E-state index in [1.165, 1.54) is 24.4 Å². The van der Waals surface area contributed by atoms with Crippen LogP contribution in [0.15, 0.2) is 60.0 Å². The Morgan fingerprint density at radius 1 is 1.00 bits per heavy atom. The van der Waals surface area contributed by atoms with Gasteiger partial charge in [0.1, 0.15) is 5.82 Å². The van der Waals surface area contributed by atoms with Crippen molar-refractivity contribution in [1.82, 2.24) is 15.0 Å². The van der Waals surface area contributed by atoms with Crippen molar-refractivity contribution >= 4 is 15.8 Å². The molecule has 0 saturated heterocycles. The van der Waals surface area contributed by atoms with Crippen LogP contribution in [0.5, 0.6) is 0 Å². The first-order valence-corrected chi connectivity index (χ1v) is 9.71. The first kappa shape index (κ1) is 17.9. The molecule has 0 saturated carbocycles. The van der Waals surface area contributed by atoms with E-state index in [1.807, 2.05) is 6.92 Å². The van der Waals surface area contributed by atoms with E-state index in [9.17, 15) is 12.8 Å². The van der Waals surface area contributed by atoms with Crippen molar-refractivity contribution in [1.29, 1.82) is 0 Å². The van der Waals surface area contributed by atoms with Gasteiger partial charge in [0.05, 0.1) is 10.9 Å². The molecule has 0 spiro atoms. The molecule has 2 heterocycles. The number of nitrogens with zero attached hydrogens (tertiary/aromatic N) is 3. The van der Waals surface area contributed by atoms with Gasteiger partial charge in [0.15, 0.2) is 9.84 Å². The summed E-state index contributed by atoms with van der Waals surface area (Å²) in [5, 5.41) is 3.14.